The van der Waals surface area contributed by atoms with Gasteiger partial charge in [-0.25, -0.2) is 8.42 Å². The summed E-state index contributed by atoms with van der Waals surface area (Å²) in [6.07, 6.45) is 4.90. The van der Waals surface area contributed by atoms with Crippen LogP contribution in [0.4, 0.5) is 5.69 Å². The molecule has 1 fully saturated rings. The molecule has 0 radical (unpaired) electrons. The van der Waals surface area contributed by atoms with Crippen molar-refractivity contribution >= 4 is 21.6 Å². The molecular formula is C27H34N4O3S. The second-order valence-corrected chi connectivity index (χ2v) is 11.1. The fourth-order valence-corrected chi connectivity index (χ4v) is 6.47. The van der Waals surface area contributed by atoms with Crippen molar-refractivity contribution in [3.05, 3.63) is 76.6 Å². The summed E-state index contributed by atoms with van der Waals surface area (Å²) in [5.41, 5.74) is 4.65. The fraction of sp³-hybridized carbons (Fsp3) is 0.407. The maximum Gasteiger partial charge on any atom is 0.255 e. The van der Waals surface area contributed by atoms with Crippen LogP contribution in [0.5, 0.6) is 0 Å². The van der Waals surface area contributed by atoms with E-state index in [0.29, 0.717) is 41.5 Å². The molecule has 1 N–H and O–H groups in total. The number of rotatable bonds is 7. The standard InChI is InChI=1S/C27H34N4O3S/c1-4-22-11-15-25(16-12-22)28-27(32)24-13-9-23(10-14-24)19-31-21(3)26(20(2)29-31)35(33,34)30-17-7-5-6-8-18-30/h9-16H,4-8,17-19H2,1-3H3,(H,28,32). The Morgan fingerprint density at radius 1 is 0.914 bits per heavy atom. The summed E-state index contributed by atoms with van der Waals surface area (Å²) < 4.78 is 30.1. The first-order chi connectivity index (χ1) is 16.8. The third-order valence-corrected chi connectivity index (χ3v) is 8.80. The predicted octanol–water partition coefficient (Wildman–Crippen LogP) is 4.93. The lowest BCUT2D eigenvalue weighted by Gasteiger charge is -2.20. The van der Waals surface area contributed by atoms with E-state index in [1.165, 1.54) is 5.56 Å². The van der Waals surface area contributed by atoms with Gasteiger partial charge in [-0.2, -0.15) is 9.40 Å². The number of sulfonamides is 1. The van der Waals surface area contributed by atoms with Gasteiger partial charge in [-0.05, 0) is 68.5 Å². The average Bonchev–Trinajstić information content (AvgIpc) is 3.02. The van der Waals surface area contributed by atoms with Crippen molar-refractivity contribution < 1.29 is 13.2 Å². The van der Waals surface area contributed by atoms with Crippen LogP contribution in [0.2, 0.25) is 0 Å². The number of hydrogen-bond donors (Lipinski definition) is 1. The molecule has 2 aromatic carbocycles. The largest absolute Gasteiger partial charge is 0.322 e. The van der Waals surface area contributed by atoms with Crippen molar-refractivity contribution in [3.8, 4) is 0 Å². The number of anilines is 1. The van der Waals surface area contributed by atoms with Gasteiger partial charge in [0, 0.05) is 24.3 Å². The van der Waals surface area contributed by atoms with Gasteiger partial charge in [-0.1, -0.05) is 44.0 Å². The van der Waals surface area contributed by atoms with E-state index in [4.69, 9.17) is 0 Å². The Kier molecular flexibility index (Phi) is 7.72. The molecule has 1 aromatic heterocycles. The Morgan fingerprint density at radius 3 is 2.11 bits per heavy atom. The number of hydrogen-bond acceptors (Lipinski definition) is 4. The highest BCUT2D eigenvalue weighted by Gasteiger charge is 2.31. The molecule has 8 heteroatoms. The van der Waals surface area contributed by atoms with Crippen LogP contribution in [-0.4, -0.2) is 41.5 Å². The minimum absolute atomic E-state index is 0.169. The zero-order valence-corrected chi connectivity index (χ0v) is 21.6. The van der Waals surface area contributed by atoms with Gasteiger partial charge >= 0.3 is 0 Å². The van der Waals surface area contributed by atoms with Gasteiger partial charge in [0.1, 0.15) is 4.90 Å². The first-order valence-electron chi connectivity index (χ1n) is 12.3. The maximum atomic E-state index is 13.4. The van der Waals surface area contributed by atoms with Crippen LogP contribution in [-0.2, 0) is 23.0 Å². The monoisotopic (exact) mass is 494 g/mol. The van der Waals surface area contributed by atoms with Crippen LogP contribution in [0, 0.1) is 13.8 Å². The molecule has 0 atom stereocenters. The zero-order valence-electron chi connectivity index (χ0n) is 20.8. The molecule has 4 rings (SSSR count). The van der Waals surface area contributed by atoms with Crippen LogP contribution in [0.25, 0.3) is 0 Å². The number of benzene rings is 2. The van der Waals surface area contributed by atoms with Gasteiger partial charge in [0.2, 0.25) is 10.0 Å². The summed E-state index contributed by atoms with van der Waals surface area (Å²) in [7, 11) is -3.57. The lowest BCUT2D eigenvalue weighted by Crippen LogP contribution is -2.32. The van der Waals surface area contributed by atoms with Gasteiger partial charge in [-0.15, -0.1) is 0 Å². The molecule has 35 heavy (non-hydrogen) atoms. The third kappa shape index (κ3) is 5.65. The molecule has 1 aliphatic heterocycles. The summed E-state index contributed by atoms with van der Waals surface area (Å²) in [4.78, 5) is 12.9. The summed E-state index contributed by atoms with van der Waals surface area (Å²) in [5.74, 6) is -0.169. The number of amides is 1. The van der Waals surface area contributed by atoms with Crippen LogP contribution >= 0.6 is 0 Å². The molecule has 0 saturated carbocycles. The number of nitrogens with one attached hydrogen (secondary N) is 1. The van der Waals surface area contributed by atoms with Crippen LogP contribution in [0.1, 0.15) is 65.5 Å². The smallest absolute Gasteiger partial charge is 0.255 e. The second-order valence-electron chi connectivity index (χ2n) is 9.18. The van der Waals surface area contributed by atoms with Gasteiger partial charge < -0.3 is 5.32 Å². The Labute approximate surface area is 208 Å². The number of carbonyl (C=O) groups excluding carboxylic acids is 1. The van der Waals surface area contributed by atoms with E-state index in [2.05, 4.69) is 17.3 Å². The number of carbonyl (C=O) groups is 1. The van der Waals surface area contributed by atoms with E-state index in [-0.39, 0.29) is 5.91 Å². The van der Waals surface area contributed by atoms with Crippen LogP contribution in [0.3, 0.4) is 0 Å². The van der Waals surface area contributed by atoms with Crippen LogP contribution in [0.15, 0.2) is 53.4 Å². The molecule has 3 aromatic rings. The molecule has 1 amide bonds. The van der Waals surface area contributed by atoms with Crippen molar-refractivity contribution in [1.29, 1.82) is 0 Å². The van der Waals surface area contributed by atoms with E-state index in [1.807, 2.05) is 43.3 Å². The Bertz CT molecular complexity index is 1270. The van der Waals surface area contributed by atoms with Crippen molar-refractivity contribution in [2.75, 3.05) is 18.4 Å². The topological polar surface area (TPSA) is 84.3 Å². The Morgan fingerprint density at radius 2 is 1.51 bits per heavy atom. The molecule has 1 aliphatic rings. The van der Waals surface area contributed by atoms with Crippen molar-refractivity contribution in [3.63, 3.8) is 0 Å². The van der Waals surface area contributed by atoms with Gasteiger partial charge in [0.05, 0.1) is 17.9 Å². The van der Waals surface area contributed by atoms with Gasteiger partial charge in [-0.3, -0.25) is 9.48 Å². The lowest BCUT2D eigenvalue weighted by molar-refractivity contribution is 0.102. The van der Waals surface area contributed by atoms with E-state index in [1.54, 1.807) is 28.0 Å². The number of nitrogens with zero attached hydrogens (tertiary/aromatic N) is 3. The first kappa shape index (κ1) is 25.1. The van der Waals surface area contributed by atoms with E-state index < -0.39 is 10.0 Å². The molecule has 7 nitrogen and oxygen atoms in total. The zero-order chi connectivity index (χ0) is 25.0. The first-order valence-corrected chi connectivity index (χ1v) is 13.8. The molecule has 0 spiro atoms. The normalized spacial score (nSPS) is 15.1. The highest BCUT2D eigenvalue weighted by atomic mass is 32.2. The van der Waals surface area contributed by atoms with E-state index in [0.717, 1.165) is 43.4 Å². The van der Waals surface area contributed by atoms with E-state index >= 15 is 0 Å². The summed E-state index contributed by atoms with van der Waals surface area (Å²) in [6, 6.07) is 15.2. The molecule has 0 unspecified atom stereocenters. The molecule has 2 heterocycles. The van der Waals surface area contributed by atoms with Crippen molar-refractivity contribution in [2.45, 2.75) is 64.3 Å². The molecule has 1 saturated heterocycles. The Balaban J connectivity index is 1.47. The molecular weight excluding hydrogens is 460 g/mol. The summed E-state index contributed by atoms with van der Waals surface area (Å²) in [5, 5.41) is 7.47. The highest BCUT2D eigenvalue weighted by Crippen LogP contribution is 2.26. The quantitative estimate of drug-likeness (QED) is 0.505. The highest BCUT2D eigenvalue weighted by molar-refractivity contribution is 7.89. The average molecular weight is 495 g/mol. The minimum Gasteiger partial charge on any atom is -0.322 e. The molecule has 0 bridgehead atoms. The predicted molar refractivity (Wildman–Crippen MR) is 138 cm³/mol. The number of aromatic nitrogens is 2. The van der Waals surface area contributed by atoms with E-state index in [9.17, 15) is 13.2 Å². The Hall–Kier alpha value is -2.97. The summed E-state index contributed by atoms with van der Waals surface area (Å²) in [6.45, 7) is 7.24. The van der Waals surface area contributed by atoms with Gasteiger partial charge in [0.15, 0.2) is 0 Å². The SMILES string of the molecule is CCc1ccc(NC(=O)c2ccc(Cn3nc(C)c(S(=O)(=O)N4CCCCCC4)c3C)cc2)cc1. The fourth-order valence-electron chi connectivity index (χ4n) is 4.58. The molecule has 0 aliphatic carbocycles. The lowest BCUT2D eigenvalue weighted by atomic mass is 10.1. The third-order valence-electron chi connectivity index (χ3n) is 6.65. The second kappa shape index (κ2) is 10.7. The van der Waals surface area contributed by atoms with Gasteiger partial charge in [0.25, 0.3) is 5.91 Å². The van der Waals surface area contributed by atoms with Crippen molar-refractivity contribution in [1.82, 2.24) is 14.1 Å². The molecule has 186 valence electrons. The minimum atomic E-state index is -3.57. The van der Waals surface area contributed by atoms with Crippen LogP contribution < -0.4 is 5.32 Å². The maximum absolute atomic E-state index is 13.4. The summed E-state index contributed by atoms with van der Waals surface area (Å²) >= 11 is 0. The number of aryl methyl sites for hydroxylation is 2. The van der Waals surface area contributed by atoms with Crippen molar-refractivity contribution in [2.24, 2.45) is 0 Å².